The molecule has 1 aliphatic heterocycles. The molecule has 2 aliphatic rings. The van der Waals surface area contributed by atoms with E-state index in [0.29, 0.717) is 34.8 Å². The number of ketones is 1. The van der Waals surface area contributed by atoms with Gasteiger partial charge in [0, 0.05) is 23.4 Å². The minimum Gasteiger partial charge on any atom is -0.493 e. The number of allylic oxidation sites excluding steroid dienone is 4. The molecule has 1 unspecified atom stereocenters. The number of Topliss-reactive ketones (excluding diaryl/α,β-unsaturated/α-hetero) is 1. The highest BCUT2D eigenvalue weighted by molar-refractivity contribution is 5.99. The van der Waals surface area contributed by atoms with E-state index in [1.807, 2.05) is 19.1 Å². The van der Waals surface area contributed by atoms with E-state index in [-0.39, 0.29) is 5.78 Å². The van der Waals surface area contributed by atoms with Gasteiger partial charge in [-0.15, -0.1) is 0 Å². The summed E-state index contributed by atoms with van der Waals surface area (Å²) >= 11 is 0. The van der Waals surface area contributed by atoms with Crippen molar-refractivity contribution in [1.82, 2.24) is 5.32 Å². The number of dihydropyridines is 1. The van der Waals surface area contributed by atoms with Gasteiger partial charge in [0.25, 0.3) is 0 Å². The minimum atomic E-state index is -0.433. The lowest BCUT2D eigenvalue weighted by Crippen LogP contribution is -2.31. The average Bonchev–Trinajstić information content (AvgIpc) is 2.65. The van der Waals surface area contributed by atoms with Gasteiger partial charge in [0.05, 0.1) is 38.9 Å². The van der Waals surface area contributed by atoms with Crippen LogP contribution in [0.2, 0.25) is 0 Å². The summed E-state index contributed by atoms with van der Waals surface area (Å²) in [5.74, 6) is 1.13. The molecule has 1 aromatic carbocycles. The number of carbonyl (C=O) groups excluding carboxylic acids is 1. The molecule has 26 heavy (non-hydrogen) atoms. The number of hydrogen-bond donors (Lipinski definition) is 1. The lowest BCUT2D eigenvalue weighted by atomic mass is 9.75. The Bertz CT molecular complexity index is 836. The largest absolute Gasteiger partial charge is 0.493 e. The number of carbonyl (C=O) groups is 1. The van der Waals surface area contributed by atoms with Crippen LogP contribution in [-0.4, -0.2) is 27.1 Å². The van der Waals surface area contributed by atoms with E-state index < -0.39 is 5.92 Å². The van der Waals surface area contributed by atoms with Crippen molar-refractivity contribution < 1.29 is 19.0 Å². The first-order valence-electron chi connectivity index (χ1n) is 8.49. The topological polar surface area (TPSA) is 80.6 Å². The van der Waals surface area contributed by atoms with Crippen LogP contribution >= 0.6 is 0 Å². The second kappa shape index (κ2) is 7.12. The molecule has 6 heteroatoms. The molecule has 1 aliphatic carbocycles. The van der Waals surface area contributed by atoms with E-state index in [1.54, 1.807) is 21.3 Å². The lowest BCUT2D eigenvalue weighted by Gasteiger charge is -2.33. The molecule has 0 radical (unpaired) electrons. The molecule has 0 saturated carbocycles. The van der Waals surface area contributed by atoms with Gasteiger partial charge in [-0.2, -0.15) is 5.26 Å². The van der Waals surface area contributed by atoms with Crippen molar-refractivity contribution in [1.29, 1.82) is 5.26 Å². The Morgan fingerprint density at radius 1 is 1.12 bits per heavy atom. The fourth-order valence-electron chi connectivity index (χ4n) is 3.73. The van der Waals surface area contributed by atoms with E-state index in [4.69, 9.17) is 14.2 Å². The number of rotatable bonds is 4. The third-order valence-electron chi connectivity index (χ3n) is 4.92. The van der Waals surface area contributed by atoms with Crippen molar-refractivity contribution in [2.24, 2.45) is 0 Å². The van der Waals surface area contributed by atoms with Crippen LogP contribution in [0.1, 0.15) is 37.7 Å². The zero-order valence-corrected chi connectivity index (χ0v) is 15.4. The summed E-state index contributed by atoms with van der Waals surface area (Å²) in [5, 5.41) is 13.0. The molecule has 136 valence electrons. The number of nitriles is 1. The standard InChI is InChI=1S/C20H22N2O4/c1-11-13(10-21)18(19-14(22-11)6-5-7-15(19)23)12-8-16(24-2)20(26-4)17(9-12)25-3/h8-9,18,22H,5-7H2,1-4H3. The highest BCUT2D eigenvalue weighted by Crippen LogP contribution is 2.46. The summed E-state index contributed by atoms with van der Waals surface area (Å²) in [4.78, 5) is 12.7. The molecular formula is C20H22N2O4. The lowest BCUT2D eigenvalue weighted by molar-refractivity contribution is -0.116. The van der Waals surface area contributed by atoms with E-state index in [1.165, 1.54) is 0 Å². The van der Waals surface area contributed by atoms with Gasteiger partial charge in [0.1, 0.15) is 0 Å². The van der Waals surface area contributed by atoms with Crippen molar-refractivity contribution in [2.75, 3.05) is 21.3 Å². The Labute approximate surface area is 153 Å². The van der Waals surface area contributed by atoms with Gasteiger partial charge in [-0.3, -0.25) is 4.79 Å². The van der Waals surface area contributed by atoms with Gasteiger partial charge in [-0.05, 0) is 37.5 Å². The minimum absolute atomic E-state index is 0.0813. The normalized spacial score (nSPS) is 19.5. The van der Waals surface area contributed by atoms with Crippen LogP contribution in [0, 0.1) is 11.3 Å². The van der Waals surface area contributed by atoms with Crippen LogP contribution in [-0.2, 0) is 4.79 Å². The number of ether oxygens (including phenoxy) is 3. The molecule has 6 nitrogen and oxygen atoms in total. The first kappa shape index (κ1) is 17.9. The van der Waals surface area contributed by atoms with E-state index >= 15 is 0 Å². The predicted molar refractivity (Wildman–Crippen MR) is 96.2 cm³/mol. The molecule has 0 fully saturated rings. The first-order valence-corrected chi connectivity index (χ1v) is 8.49. The Hall–Kier alpha value is -2.94. The molecule has 0 aromatic heterocycles. The molecule has 0 bridgehead atoms. The van der Waals surface area contributed by atoms with Gasteiger partial charge in [-0.25, -0.2) is 0 Å². The maximum Gasteiger partial charge on any atom is 0.203 e. The zero-order chi connectivity index (χ0) is 18.8. The predicted octanol–water partition coefficient (Wildman–Crippen LogP) is 3.20. The highest BCUT2D eigenvalue weighted by Gasteiger charge is 2.36. The molecule has 1 atom stereocenters. The Morgan fingerprint density at radius 3 is 2.31 bits per heavy atom. The Balaban J connectivity index is 2.24. The summed E-state index contributed by atoms with van der Waals surface area (Å²) in [7, 11) is 4.64. The van der Waals surface area contributed by atoms with E-state index in [9.17, 15) is 10.1 Å². The van der Waals surface area contributed by atoms with E-state index in [2.05, 4.69) is 11.4 Å². The molecule has 1 aromatic rings. The zero-order valence-electron chi connectivity index (χ0n) is 15.4. The number of nitrogens with zero attached hydrogens (tertiary/aromatic N) is 1. The van der Waals surface area contributed by atoms with Crippen molar-refractivity contribution in [2.45, 2.75) is 32.1 Å². The van der Waals surface area contributed by atoms with Gasteiger partial charge >= 0.3 is 0 Å². The van der Waals surface area contributed by atoms with Crippen LogP contribution in [0.3, 0.4) is 0 Å². The number of nitrogens with one attached hydrogen (secondary N) is 1. The number of hydrogen-bond acceptors (Lipinski definition) is 6. The molecule has 0 amide bonds. The maximum atomic E-state index is 12.7. The summed E-state index contributed by atoms with van der Waals surface area (Å²) in [6.07, 6.45) is 2.12. The second-order valence-electron chi connectivity index (χ2n) is 6.34. The first-order chi connectivity index (χ1) is 12.5. The molecule has 0 saturated heterocycles. The van der Waals surface area contributed by atoms with Gasteiger partial charge in [0.15, 0.2) is 17.3 Å². The summed E-state index contributed by atoms with van der Waals surface area (Å²) < 4.78 is 16.3. The van der Waals surface area contributed by atoms with Crippen LogP contribution in [0.4, 0.5) is 0 Å². The SMILES string of the molecule is COc1cc(C2C(C#N)=C(C)NC3=C2C(=O)CCC3)cc(OC)c1OC. The molecule has 3 rings (SSSR count). The Kier molecular flexibility index (Phi) is 4.90. The fraction of sp³-hybridized carbons (Fsp3) is 0.400. The molecular weight excluding hydrogens is 332 g/mol. The van der Waals surface area contributed by atoms with E-state index in [0.717, 1.165) is 29.8 Å². The fourth-order valence-corrected chi connectivity index (χ4v) is 3.73. The summed E-state index contributed by atoms with van der Waals surface area (Å²) in [6, 6.07) is 5.91. The van der Waals surface area contributed by atoms with Crippen LogP contribution in [0.25, 0.3) is 0 Å². The third kappa shape index (κ3) is 2.80. The highest BCUT2D eigenvalue weighted by atomic mass is 16.5. The maximum absolute atomic E-state index is 12.7. The Morgan fingerprint density at radius 2 is 1.77 bits per heavy atom. The molecule has 1 N–H and O–H groups in total. The van der Waals surface area contributed by atoms with Gasteiger partial charge in [-0.1, -0.05) is 0 Å². The second-order valence-corrected chi connectivity index (χ2v) is 6.34. The quantitative estimate of drug-likeness (QED) is 0.894. The monoisotopic (exact) mass is 354 g/mol. The van der Waals surface area contributed by atoms with Crippen molar-refractivity contribution in [3.8, 4) is 23.3 Å². The molecule has 0 spiro atoms. The average molecular weight is 354 g/mol. The number of methoxy groups -OCH3 is 3. The number of benzene rings is 1. The smallest absolute Gasteiger partial charge is 0.203 e. The van der Waals surface area contributed by atoms with Gasteiger partial charge < -0.3 is 19.5 Å². The van der Waals surface area contributed by atoms with Crippen molar-refractivity contribution in [3.63, 3.8) is 0 Å². The summed E-state index contributed by atoms with van der Waals surface area (Å²) in [5.41, 5.74) is 3.68. The van der Waals surface area contributed by atoms with Crippen LogP contribution in [0.5, 0.6) is 17.2 Å². The van der Waals surface area contributed by atoms with Crippen LogP contribution in [0.15, 0.2) is 34.7 Å². The van der Waals surface area contributed by atoms with Crippen molar-refractivity contribution in [3.05, 3.63) is 40.2 Å². The molecule has 1 heterocycles. The van der Waals surface area contributed by atoms with Crippen LogP contribution < -0.4 is 19.5 Å². The van der Waals surface area contributed by atoms with Crippen molar-refractivity contribution >= 4 is 5.78 Å². The third-order valence-corrected chi connectivity index (χ3v) is 4.92. The van der Waals surface area contributed by atoms with Gasteiger partial charge in [0.2, 0.25) is 5.75 Å². The summed E-state index contributed by atoms with van der Waals surface area (Å²) in [6.45, 7) is 1.87.